The maximum Gasteiger partial charge on any atom is 0.221 e. The molecule has 2 unspecified atom stereocenters. The van der Waals surface area contributed by atoms with Crippen molar-refractivity contribution in [3.05, 3.63) is 12.2 Å². The minimum absolute atomic E-state index is 0.0843. The molecule has 0 radical (unpaired) electrons. The van der Waals surface area contributed by atoms with Crippen molar-refractivity contribution in [1.82, 2.24) is 0 Å². The van der Waals surface area contributed by atoms with Crippen LogP contribution < -0.4 is 0 Å². The average Bonchev–Trinajstić information content (AvgIpc) is 2.66. The van der Waals surface area contributed by atoms with Gasteiger partial charge < -0.3 is 18.9 Å². The van der Waals surface area contributed by atoms with E-state index in [1.807, 2.05) is 0 Å². The molecule has 1 saturated heterocycles. The molecule has 17 heavy (non-hydrogen) atoms. The summed E-state index contributed by atoms with van der Waals surface area (Å²) in [6, 6.07) is 0. The summed E-state index contributed by atoms with van der Waals surface area (Å²) in [5.74, 6) is -2.24. The van der Waals surface area contributed by atoms with Crippen LogP contribution in [0.3, 0.4) is 0 Å². The van der Waals surface area contributed by atoms with Gasteiger partial charge in [-0.15, -0.1) is 0 Å². The van der Waals surface area contributed by atoms with E-state index in [1.165, 1.54) is 20.3 Å². The van der Waals surface area contributed by atoms with E-state index in [0.717, 1.165) is 0 Å². The summed E-state index contributed by atoms with van der Waals surface area (Å²) < 4.78 is 22.3. The number of ketones is 1. The lowest BCUT2D eigenvalue weighted by Gasteiger charge is -2.52. The lowest BCUT2D eigenvalue weighted by molar-refractivity contribution is -0.442. The van der Waals surface area contributed by atoms with Crippen LogP contribution in [-0.4, -0.2) is 43.8 Å². The maximum absolute atomic E-state index is 11.9. The van der Waals surface area contributed by atoms with Gasteiger partial charge in [0, 0.05) is 20.6 Å². The largest absolute Gasteiger partial charge is 0.349 e. The Morgan fingerprint density at radius 1 is 1.24 bits per heavy atom. The highest BCUT2D eigenvalue weighted by molar-refractivity contribution is 5.99. The quantitative estimate of drug-likeness (QED) is 0.723. The molecule has 1 aliphatic heterocycles. The van der Waals surface area contributed by atoms with Gasteiger partial charge in [-0.1, -0.05) is 6.08 Å². The van der Waals surface area contributed by atoms with E-state index >= 15 is 0 Å². The highest BCUT2D eigenvalue weighted by Gasteiger charge is 2.60. The van der Waals surface area contributed by atoms with Crippen molar-refractivity contribution in [3.63, 3.8) is 0 Å². The molecule has 5 nitrogen and oxygen atoms in total. The summed E-state index contributed by atoms with van der Waals surface area (Å²) in [6.45, 7) is 3.61. The smallest absolute Gasteiger partial charge is 0.221 e. The summed E-state index contributed by atoms with van der Waals surface area (Å²) >= 11 is 0. The van der Waals surface area contributed by atoms with Gasteiger partial charge in [0.15, 0.2) is 11.4 Å². The molecule has 0 bridgehead atoms. The molecule has 5 heteroatoms. The van der Waals surface area contributed by atoms with Crippen LogP contribution in [0.1, 0.15) is 20.3 Å². The molecule has 0 aromatic heterocycles. The third kappa shape index (κ3) is 1.65. The molecule has 2 aliphatic rings. The van der Waals surface area contributed by atoms with E-state index in [2.05, 4.69) is 0 Å². The van der Waals surface area contributed by atoms with Crippen LogP contribution in [0.2, 0.25) is 0 Å². The normalized spacial score (nSPS) is 45.8. The number of rotatable bonds is 2. The molecule has 1 fully saturated rings. The molecular weight excluding hydrogens is 224 g/mol. The molecule has 0 aromatic rings. The van der Waals surface area contributed by atoms with Crippen molar-refractivity contribution in [2.45, 2.75) is 37.4 Å². The monoisotopic (exact) mass is 242 g/mol. The zero-order valence-corrected chi connectivity index (χ0v) is 10.6. The van der Waals surface area contributed by atoms with E-state index < -0.39 is 17.2 Å². The fraction of sp³-hybridized carbons (Fsp3) is 0.750. The number of carbonyl (C=O) groups is 1. The first-order valence-electron chi connectivity index (χ1n) is 5.57. The van der Waals surface area contributed by atoms with Crippen LogP contribution >= 0.6 is 0 Å². The molecule has 0 amide bonds. The highest BCUT2D eigenvalue weighted by atomic mass is 16.8. The fourth-order valence-corrected chi connectivity index (χ4v) is 2.18. The van der Waals surface area contributed by atoms with Gasteiger partial charge in [-0.3, -0.25) is 4.79 Å². The molecule has 0 N–H and O–H groups in total. The SMILES string of the molecule is COC1(C)OC[C@]2(CC=CC2=O)OC1(C)OC. The van der Waals surface area contributed by atoms with Gasteiger partial charge in [0.1, 0.15) is 0 Å². The number of hydrogen-bond donors (Lipinski definition) is 0. The lowest BCUT2D eigenvalue weighted by Crippen LogP contribution is -2.67. The Kier molecular flexibility index (Phi) is 2.90. The zero-order valence-electron chi connectivity index (χ0n) is 10.6. The van der Waals surface area contributed by atoms with E-state index in [0.29, 0.717) is 6.42 Å². The zero-order chi connectivity index (χ0) is 12.7. The topological polar surface area (TPSA) is 54.0 Å². The van der Waals surface area contributed by atoms with E-state index in [1.54, 1.807) is 19.9 Å². The minimum atomic E-state index is -1.12. The third-order valence-electron chi connectivity index (χ3n) is 3.74. The van der Waals surface area contributed by atoms with Gasteiger partial charge in [-0.25, -0.2) is 0 Å². The van der Waals surface area contributed by atoms with Gasteiger partial charge in [-0.2, -0.15) is 0 Å². The molecule has 0 aromatic carbocycles. The predicted octanol–water partition coefficient (Wildman–Crippen LogP) is 1.03. The Hall–Kier alpha value is -0.750. The Bertz CT molecular complexity index is 366. The summed E-state index contributed by atoms with van der Waals surface area (Å²) in [7, 11) is 3.03. The summed E-state index contributed by atoms with van der Waals surface area (Å²) in [5.41, 5.74) is -0.956. The molecule has 1 spiro atoms. The van der Waals surface area contributed by atoms with Crippen LogP contribution in [0, 0.1) is 0 Å². The first kappa shape index (κ1) is 12.7. The predicted molar refractivity (Wildman–Crippen MR) is 59.4 cm³/mol. The van der Waals surface area contributed by atoms with Crippen LogP contribution in [0.5, 0.6) is 0 Å². The average molecular weight is 242 g/mol. The molecule has 2 rings (SSSR count). The molecule has 0 saturated carbocycles. The van der Waals surface area contributed by atoms with Crippen molar-refractivity contribution in [3.8, 4) is 0 Å². The Morgan fingerprint density at radius 3 is 2.35 bits per heavy atom. The standard InChI is InChI=1S/C12H18O5/c1-10(14-3)11(2,15-4)17-12(8-16-10)7-5-6-9(12)13/h5-6H,7-8H2,1-4H3/t10?,11?,12-/m0/s1. The molecular formula is C12H18O5. The third-order valence-corrected chi connectivity index (χ3v) is 3.74. The summed E-state index contributed by atoms with van der Waals surface area (Å²) in [5, 5.41) is 0. The van der Waals surface area contributed by atoms with E-state index in [9.17, 15) is 4.79 Å². The minimum Gasteiger partial charge on any atom is -0.349 e. The van der Waals surface area contributed by atoms with Crippen molar-refractivity contribution < 1.29 is 23.7 Å². The second-order valence-corrected chi connectivity index (χ2v) is 4.66. The van der Waals surface area contributed by atoms with Gasteiger partial charge in [-0.05, 0) is 19.9 Å². The Labute approximate surface area is 101 Å². The highest BCUT2D eigenvalue weighted by Crippen LogP contribution is 2.43. The van der Waals surface area contributed by atoms with Gasteiger partial charge in [0.25, 0.3) is 0 Å². The van der Waals surface area contributed by atoms with E-state index in [-0.39, 0.29) is 12.4 Å². The second kappa shape index (κ2) is 3.88. The van der Waals surface area contributed by atoms with Crippen molar-refractivity contribution in [1.29, 1.82) is 0 Å². The molecule has 96 valence electrons. The van der Waals surface area contributed by atoms with Gasteiger partial charge >= 0.3 is 0 Å². The fourth-order valence-electron chi connectivity index (χ4n) is 2.18. The van der Waals surface area contributed by atoms with Crippen molar-refractivity contribution >= 4 is 5.78 Å². The Balaban J connectivity index is 2.30. The lowest BCUT2D eigenvalue weighted by atomic mass is 9.96. The maximum atomic E-state index is 11.9. The van der Waals surface area contributed by atoms with Gasteiger partial charge in [0.2, 0.25) is 11.6 Å². The van der Waals surface area contributed by atoms with Crippen LogP contribution in [-0.2, 0) is 23.7 Å². The van der Waals surface area contributed by atoms with Crippen molar-refractivity contribution in [2.75, 3.05) is 20.8 Å². The summed E-state index contributed by atoms with van der Waals surface area (Å²) in [4.78, 5) is 11.9. The number of carbonyl (C=O) groups excluding carboxylic acids is 1. The van der Waals surface area contributed by atoms with Crippen molar-refractivity contribution in [2.24, 2.45) is 0 Å². The first-order chi connectivity index (χ1) is 7.91. The van der Waals surface area contributed by atoms with E-state index in [4.69, 9.17) is 18.9 Å². The van der Waals surface area contributed by atoms with Crippen LogP contribution in [0.15, 0.2) is 12.2 Å². The Morgan fingerprint density at radius 2 is 1.88 bits per heavy atom. The first-order valence-corrected chi connectivity index (χ1v) is 5.57. The van der Waals surface area contributed by atoms with Gasteiger partial charge in [0.05, 0.1) is 6.61 Å². The number of ether oxygens (including phenoxy) is 4. The molecule has 1 heterocycles. The number of hydrogen-bond acceptors (Lipinski definition) is 5. The summed E-state index contributed by atoms with van der Waals surface area (Å²) in [6.07, 6.45) is 3.82. The number of methoxy groups -OCH3 is 2. The molecule has 1 aliphatic carbocycles. The molecule has 3 atom stereocenters. The second-order valence-electron chi connectivity index (χ2n) is 4.66. The van der Waals surface area contributed by atoms with Crippen LogP contribution in [0.25, 0.3) is 0 Å². The van der Waals surface area contributed by atoms with Crippen LogP contribution in [0.4, 0.5) is 0 Å².